The topological polar surface area (TPSA) is 59.0 Å². The molecule has 0 bridgehead atoms. The molecule has 19 heavy (non-hydrogen) atoms. The summed E-state index contributed by atoms with van der Waals surface area (Å²) in [6.45, 7) is 2.40. The first kappa shape index (κ1) is 13.3. The van der Waals surface area contributed by atoms with Crippen LogP contribution in [0.1, 0.15) is 12.7 Å². The summed E-state index contributed by atoms with van der Waals surface area (Å²) in [5.41, 5.74) is 0.804. The number of aryl methyl sites for hydroxylation is 1. The van der Waals surface area contributed by atoms with Crippen molar-refractivity contribution in [3.8, 4) is 0 Å². The van der Waals surface area contributed by atoms with E-state index in [0.29, 0.717) is 6.54 Å². The van der Waals surface area contributed by atoms with Crippen LogP contribution in [0.15, 0.2) is 42.7 Å². The Hall–Kier alpha value is -2.14. The van der Waals surface area contributed by atoms with Crippen LogP contribution in [-0.2, 0) is 18.4 Å². The molecular weight excluding hydrogens is 240 g/mol. The molecule has 0 aliphatic carbocycles. The van der Waals surface area contributed by atoms with E-state index in [1.165, 1.54) is 0 Å². The summed E-state index contributed by atoms with van der Waals surface area (Å²) in [7, 11) is 1.93. The highest BCUT2D eigenvalue weighted by Crippen LogP contribution is 2.05. The van der Waals surface area contributed by atoms with E-state index in [1.807, 2.05) is 55.1 Å². The molecule has 1 heterocycles. The lowest BCUT2D eigenvalue weighted by atomic mass is 10.2. The van der Waals surface area contributed by atoms with Crippen LogP contribution in [0.3, 0.4) is 0 Å². The Labute approximate surface area is 112 Å². The van der Waals surface area contributed by atoms with E-state index < -0.39 is 0 Å². The van der Waals surface area contributed by atoms with Crippen LogP contribution >= 0.6 is 0 Å². The predicted octanol–water partition coefficient (Wildman–Crippen LogP) is 1.54. The smallest absolute Gasteiger partial charge is 0.241 e. The van der Waals surface area contributed by atoms with Crippen LogP contribution in [0.25, 0.3) is 0 Å². The fourth-order valence-corrected chi connectivity index (χ4v) is 1.68. The summed E-state index contributed by atoms with van der Waals surface area (Å²) in [5, 5.41) is 6.01. The molecule has 1 atom stereocenters. The Balaban J connectivity index is 1.84. The van der Waals surface area contributed by atoms with Gasteiger partial charge in [-0.15, -0.1) is 0 Å². The van der Waals surface area contributed by atoms with Crippen molar-refractivity contribution in [1.82, 2.24) is 14.9 Å². The van der Waals surface area contributed by atoms with Gasteiger partial charge in [0.2, 0.25) is 5.91 Å². The number of imidazole rings is 1. The number of carbonyl (C=O) groups is 1. The number of hydrogen-bond donors (Lipinski definition) is 2. The predicted molar refractivity (Wildman–Crippen MR) is 74.6 cm³/mol. The molecule has 2 rings (SSSR count). The number of nitrogens with one attached hydrogen (secondary N) is 2. The number of amides is 1. The lowest BCUT2D eigenvalue weighted by molar-refractivity contribution is -0.117. The Morgan fingerprint density at radius 3 is 2.74 bits per heavy atom. The zero-order valence-corrected chi connectivity index (χ0v) is 11.1. The first-order valence-electron chi connectivity index (χ1n) is 6.22. The van der Waals surface area contributed by atoms with E-state index in [0.717, 1.165) is 11.5 Å². The van der Waals surface area contributed by atoms with Crippen molar-refractivity contribution in [3.63, 3.8) is 0 Å². The SMILES string of the molecule is CC(NCc1nccn1C)C(=O)Nc1ccccc1. The molecule has 0 saturated carbocycles. The third-order valence-electron chi connectivity index (χ3n) is 2.92. The van der Waals surface area contributed by atoms with Crippen molar-refractivity contribution >= 4 is 11.6 Å². The number of rotatable bonds is 5. The molecule has 0 spiro atoms. The Bertz CT molecular complexity index is 535. The van der Waals surface area contributed by atoms with Gasteiger partial charge in [0.1, 0.15) is 5.82 Å². The average Bonchev–Trinajstić information content (AvgIpc) is 2.82. The van der Waals surface area contributed by atoms with E-state index >= 15 is 0 Å². The van der Waals surface area contributed by atoms with E-state index in [9.17, 15) is 4.79 Å². The average molecular weight is 258 g/mol. The molecule has 5 nitrogen and oxygen atoms in total. The highest BCUT2D eigenvalue weighted by atomic mass is 16.2. The largest absolute Gasteiger partial charge is 0.337 e. The molecule has 5 heteroatoms. The van der Waals surface area contributed by atoms with Crippen molar-refractivity contribution in [2.24, 2.45) is 7.05 Å². The Kier molecular flexibility index (Phi) is 4.30. The van der Waals surface area contributed by atoms with Gasteiger partial charge in [0.05, 0.1) is 12.6 Å². The molecular formula is C14H18N4O. The molecule has 100 valence electrons. The number of aromatic nitrogens is 2. The molecule has 2 N–H and O–H groups in total. The Morgan fingerprint density at radius 2 is 2.11 bits per heavy atom. The summed E-state index contributed by atoms with van der Waals surface area (Å²) in [6, 6.07) is 9.14. The fraction of sp³-hybridized carbons (Fsp3) is 0.286. The van der Waals surface area contributed by atoms with Gasteiger partial charge < -0.3 is 9.88 Å². The maximum absolute atomic E-state index is 12.0. The fourth-order valence-electron chi connectivity index (χ4n) is 1.68. The van der Waals surface area contributed by atoms with E-state index in [4.69, 9.17) is 0 Å². The van der Waals surface area contributed by atoms with Gasteiger partial charge >= 0.3 is 0 Å². The maximum atomic E-state index is 12.0. The second-order valence-electron chi connectivity index (χ2n) is 4.41. The lowest BCUT2D eigenvalue weighted by Crippen LogP contribution is -2.38. The molecule has 1 aromatic heterocycles. The highest BCUT2D eigenvalue weighted by molar-refractivity contribution is 5.94. The quantitative estimate of drug-likeness (QED) is 0.855. The monoisotopic (exact) mass is 258 g/mol. The summed E-state index contributed by atoms with van der Waals surface area (Å²) < 4.78 is 1.93. The number of hydrogen-bond acceptors (Lipinski definition) is 3. The molecule has 1 unspecified atom stereocenters. The van der Waals surface area contributed by atoms with Crippen LogP contribution in [-0.4, -0.2) is 21.5 Å². The third-order valence-corrected chi connectivity index (χ3v) is 2.92. The van der Waals surface area contributed by atoms with E-state index in [2.05, 4.69) is 15.6 Å². The molecule has 0 aliphatic rings. The van der Waals surface area contributed by atoms with Gasteiger partial charge in [-0.2, -0.15) is 0 Å². The van der Waals surface area contributed by atoms with E-state index in [-0.39, 0.29) is 11.9 Å². The van der Waals surface area contributed by atoms with Crippen molar-refractivity contribution in [2.75, 3.05) is 5.32 Å². The zero-order chi connectivity index (χ0) is 13.7. The van der Waals surface area contributed by atoms with Crippen LogP contribution < -0.4 is 10.6 Å². The molecule has 0 saturated heterocycles. The van der Waals surface area contributed by atoms with Gasteiger partial charge in [-0.3, -0.25) is 10.1 Å². The summed E-state index contributed by atoms with van der Waals surface area (Å²) in [6.07, 6.45) is 3.62. The van der Waals surface area contributed by atoms with Gasteiger partial charge in [-0.1, -0.05) is 18.2 Å². The standard InChI is InChI=1S/C14H18N4O/c1-11(16-10-13-15-8-9-18(13)2)14(19)17-12-6-4-3-5-7-12/h3-9,11,16H,10H2,1-2H3,(H,17,19). The van der Waals surface area contributed by atoms with Gasteiger partial charge in [0.15, 0.2) is 0 Å². The summed E-state index contributed by atoms with van der Waals surface area (Å²) in [4.78, 5) is 16.2. The lowest BCUT2D eigenvalue weighted by Gasteiger charge is -2.13. The number of anilines is 1. The molecule has 1 amide bonds. The van der Waals surface area contributed by atoms with E-state index in [1.54, 1.807) is 6.20 Å². The van der Waals surface area contributed by atoms with Gasteiger partial charge in [-0.25, -0.2) is 4.98 Å². The summed E-state index contributed by atoms with van der Waals surface area (Å²) in [5.74, 6) is 0.847. The van der Waals surface area contributed by atoms with Crippen molar-refractivity contribution in [2.45, 2.75) is 19.5 Å². The molecule has 2 aromatic rings. The van der Waals surface area contributed by atoms with Gasteiger partial charge in [0.25, 0.3) is 0 Å². The minimum absolute atomic E-state index is 0.0552. The number of benzene rings is 1. The Morgan fingerprint density at radius 1 is 1.37 bits per heavy atom. The van der Waals surface area contributed by atoms with Crippen LogP contribution in [0, 0.1) is 0 Å². The van der Waals surface area contributed by atoms with Crippen molar-refractivity contribution in [1.29, 1.82) is 0 Å². The van der Waals surface area contributed by atoms with Gasteiger partial charge in [0, 0.05) is 25.1 Å². The molecule has 1 aromatic carbocycles. The molecule has 0 aliphatic heterocycles. The number of para-hydroxylation sites is 1. The summed E-state index contributed by atoms with van der Waals surface area (Å²) >= 11 is 0. The first-order valence-corrected chi connectivity index (χ1v) is 6.22. The molecule has 0 radical (unpaired) electrons. The van der Waals surface area contributed by atoms with Crippen molar-refractivity contribution in [3.05, 3.63) is 48.5 Å². The van der Waals surface area contributed by atoms with Crippen LogP contribution in [0.5, 0.6) is 0 Å². The second-order valence-corrected chi connectivity index (χ2v) is 4.41. The van der Waals surface area contributed by atoms with Crippen LogP contribution in [0.2, 0.25) is 0 Å². The normalized spacial score (nSPS) is 12.1. The number of carbonyl (C=O) groups excluding carboxylic acids is 1. The third kappa shape index (κ3) is 3.66. The second kappa shape index (κ2) is 6.15. The van der Waals surface area contributed by atoms with Gasteiger partial charge in [-0.05, 0) is 19.1 Å². The van der Waals surface area contributed by atoms with Crippen molar-refractivity contribution < 1.29 is 4.79 Å². The number of nitrogens with zero attached hydrogens (tertiary/aromatic N) is 2. The first-order chi connectivity index (χ1) is 9.16. The van der Waals surface area contributed by atoms with Crippen LogP contribution in [0.4, 0.5) is 5.69 Å². The minimum Gasteiger partial charge on any atom is -0.337 e. The maximum Gasteiger partial charge on any atom is 0.241 e. The molecule has 0 fully saturated rings. The highest BCUT2D eigenvalue weighted by Gasteiger charge is 2.12. The zero-order valence-electron chi connectivity index (χ0n) is 11.1. The minimum atomic E-state index is -0.281.